The largest absolute Gasteiger partial charge is 0.319 e. The summed E-state index contributed by atoms with van der Waals surface area (Å²) in [6.07, 6.45) is 0. The molecular formula is C13H7Br2ClFNO. The topological polar surface area (TPSA) is 29.1 Å². The molecule has 0 aliphatic heterocycles. The molecule has 0 saturated heterocycles. The number of hydrogen-bond donors (Lipinski definition) is 1. The maximum atomic E-state index is 13.6. The number of anilines is 1. The van der Waals surface area contributed by atoms with E-state index in [0.717, 1.165) is 0 Å². The summed E-state index contributed by atoms with van der Waals surface area (Å²) >= 11 is 12.2. The summed E-state index contributed by atoms with van der Waals surface area (Å²) in [5.41, 5.74) is 0.502. The molecule has 0 spiro atoms. The van der Waals surface area contributed by atoms with Crippen molar-refractivity contribution >= 4 is 55.1 Å². The number of amides is 1. The number of carbonyl (C=O) groups excluding carboxylic acids is 1. The number of halogens is 4. The van der Waals surface area contributed by atoms with Gasteiger partial charge >= 0.3 is 0 Å². The predicted octanol–water partition coefficient (Wildman–Crippen LogP) is 5.26. The quantitative estimate of drug-likeness (QED) is 0.723. The van der Waals surface area contributed by atoms with Crippen molar-refractivity contribution in [2.75, 3.05) is 5.32 Å². The Balaban J connectivity index is 2.25. The standard InChI is InChI=1S/C13H7Br2ClFNO/c14-7-1-4-12(11(17)5-7)18-13(19)9-3-2-8(16)6-10(9)15/h1-6H,(H,18,19). The van der Waals surface area contributed by atoms with Crippen molar-refractivity contribution in [1.29, 1.82) is 0 Å². The van der Waals surface area contributed by atoms with E-state index in [9.17, 15) is 9.18 Å². The van der Waals surface area contributed by atoms with E-state index in [1.165, 1.54) is 12.1 Å². The van der Waals surface area contributed by atoms with Crippen molar-refractivity contribution in [1.82, 2.24) is 0 Å². The van der Waals surface area contributed by atoms with E-state index >= 15 is 0 Å². The molecule has 0 bridgehead atoms. The summed E-state index contributed by atoms with van der Waals surface area (Å²) in [7, 11) is 0. The summed E-state index contributed by atoms with van der Waals surface area (Å²) in [4.78, 5) is 12.0. The molecule has 2 rings (SSSR count). The van der Waals surface area contributed by atoms with Crippen LogP contribution >= 0.6 is 43.5 Å². The molecule has 0 aliphatic carbocycles. The fraction of sp³-hybridized carbons (Fsp3) is 0. The van der Waals surface area contributed by atoms with Gasteiger partial charge in [-0.2, -0.15) is 0 Å². The molecule has 2 aromatic rings. The van der Waals surface area contributed by atoms with Crippen LogP contribution in [0.4, 0.5) is 10.1 Å². The zero-order chi connectivity index (χ0) is 14.0. The normalized spacial score (nSPS) is 10.3. The number of hydrogen-bond acceptors (Lipinski definition) is 1. The highest BCUT2D eigenvalue weighted by atomic mass is 79.9. The van der Waals surface area contributed by atoms with E-state index < -0.39 is 11.7 Å². The number of carbonyl (C=O) groups is 1. The van der Waals surface area contributed by atoms with Gasteiger partial charge in [-0.15, -0.1) is 0 Å². The van der Waals surface area contributed by atoms with Crippen LogP contribution in [0.2, 0.25) is 5.02 Å². The Kier molecular flexibility index (Phi) is 4.60. The Bertz CT molecular complexity index is 649. The smallest absolute Gasteiger partial charge is 0.256 e. The highest BCUT2D eigenvalue weighted by molar-refractivity contribution is 9.10. The van der Waals surface area contributed by atoms with Gasteiger partial charge in [-0.1, -0.05) is 27.5 Å². The molecule has 19 heavy (non-hydrogen) atoms. The van der Waals surface area contributed by atoms with Crippen LogP contribution < -0.4 is 5.32 Å². The first-order chi connectivity index (χ1) is 8.97. The molecule has 1 amide bonds. The third-order valence-electron chi connectivity index (χ3n) is 2.36. The first kappa shape index (κ1) is 14.5. The van der Waals surface area contributed by atoms with Gasteiger partial charge in [0, 0.05) is 14.0 Å². The summed E-state index contributed by atoms with van der Waals surface area (Å²) in [6, 6.07) is 9.19. The number of benzene rings is 2. The minimum absolute atomic E-state index is 0.120. The third-order valence-corrected chi connectivity index (χ3v) is 3.74. The van der Waals surface area contributed by atoms with E-state index in [-0.39, 0.29) is 5.69 Å². The van der Waals surface area contributed by atoms with Crippen molar-refractivity contribution in [3.05, 3.63) is 61.7 Å². The minimum Gasteiger partial charge on any atom is -0.319 e. The first-order valence-electron chi connectivity index (χ1n) is 5.19. The molecule has 0 radical (unpaired) electrons. The Labute approximate surface area is 131 Å². The lowest BCUT2D eigenvalue weighted by Crippen LogP contribution is -2.13. The van der Waals surface area contributed by atoms with Crippen molar-refractivity contribution in [2.45, 2.75) is 0 Å². The Morgan fingerprint density at radius 1 is 1.16 bits per heavy atom. The molecule has 0 aliphatic rings. The van der Waals surface area contributed by atoms with Crippen LogP contribution in [0.1, 0.15) is 10.4 Å². The van der Waals surface area contributed by atoms with Crippen LogP contribution in [0.5, 0.6) is 0 Å². The molecule has 0 saturated carbocycles. The molecule has 0 atom stereocenters. The second-order valence-electron chi connectivity index (χ2n) is 3.70. The summed E-state index contributed by atoms with van der Waals surface area (Å²) in [5.74, 6) is -0.919. The lowest BCUT2D eigenvalue weighted by atomic mass is 10.2. The van der Waals surface area contributed by atoms with Crippen LogP contribution in [-0.2, 0) is 0 Å². The fourth-order valence-electron chi connectivity index (χ4n) is 1.45. The monoisotopic (exact) mass is 405 g/mol. The molecule has 0 fully saturated rings. The van der Waals surface area contributed by atoms with Gasteiger partial charge < -0.3 is 5.32 Å². The second-order valence-corrected chi connectivity index (χ2v) is 5.91. The molecule has 98 valence electrons. The average molecular weight is 407 g/mol. The van der Waals surface area contributed by atoms with Crippen molar-refractivity contribution in [3.63, 3.8) is 0 Å². The molecule has 0 aromatic heterocycles. The van der Waals surface area contributed by atoms with Crippen LogP contribution in [0.3, 0.4) is 0 Å². The maximum absolute atomic E-state index is 13.6. The predicted molar refractivity (Wildman–Crippen MR) is 81.2 cm³/mol. The van der Waals surface area contributed by atoms with E-state index in [2.05, 4.69) is 37.2 Å². The van der Waals surface area contributed by atoms with E-state index in [1.807, 2.05) is 0 Å². The zero-order valence-corrected chi connectivity index (χ0v) is 13.3. The van der Waals surface area contributed by atoms with Gasteiger partial charge in [0.2, 0.25) is 0 Å². The minimum atomic E-state index is -0.507. The molecule has 2 aromatic carbocycles. The van der Waals surface area contributed by atoms with Crippen LogP contribution in [0, 0.1) is 5.82 Å². The molecule has 1 N–H and O–H groups in total. The summed E-state index contributed by atoms with van der Waals surface area (Å²) in [6.45, 7) is 0. The van der Waals surface area contributed by atoms with Crippen molar-refractivity contribution < 1.29 is 9.18 Å². The van der Waals surface area contributed by atoms with Gasteiger partial charge in [-0.25, -0.2) is 4.39 Å². The molecule has 0 unspecified atom stereocenters. The molecule has 6 heteroatoms. The van der Waals surface area contributed by atoms with Gasteiger partial charge in [0.05, 0.1) is 11.3 Å². The summed E-state index contributed by atoms with van der Waals surface area (Å²) in [5, 5.41) is 3.02. The fourth-order valence-corrected chi connectivity index (χ4v) is 2.65. The van der Waals surface area contributed by atoms with Crippen molar-refractivity contribution in [2.24, 2.45) is 0 Å². The van der Waals surface area contributed by atoms with Gasteiger partial charge in [0.15, 0.2) is 0 Å². The lowest BCUT2D eigenvalue weighted by molar-refractivity contribution is 0.102. The van der Waals surface area contributed by atoms with Gasteiger partial charge in [0.25, 0.3) is 5.91 Å². The lowest BCUT2D eigenvalue weighted by Gasteiger charge is -2.08. The van der Waals surface area contributed by atoms with Gasteiger partial charge in [0.1, 0.15) is 5.82 Å². The second kappa shape index (κ2) is 6.03. The van der Waals surface area contributed by atoms with Crippen LogP contribution in [-0.4, -0.2) is 5.91 Å². The highest BCUT2D eigenvalue weighted by Crippen LogP contribution is 2.24. The summed E-state index contributed by atoms with van der Waals surface area (Å²) < 4.78 is 14.8. The first-order valence-corrected chi connectivity index (χ1v) is 7.15. The molecule has 2 nitrogen and oxygen atoms in total. The number of nitrogens with one attached hydrogen (secondary N) is 1. The van der Waals surface area contributed by atoms with E-state index in [4.69, 9.17) is 11.6 Å². The van der Waals surface area contributed by atoms with Gasteiger partial charge in [-0.05, 0) is 52.3 Å². The Morgan fingerprint density at radius 3 is 2.53 bits per heavy atom. The van der Waals surface area contributed by atoms with E-state index in [0.29, 0.717) is 19.5 Å². The maximum Gasteiger partial charge on any atom is 0.256 e. The van der Waals surface area contributed by atoms with Gasteiger partial charge in [-0.3, -0.25) is 4.79 Å². The molecular weight excluding hydrogens is 400 g/mol. The SMILES string of the molecule is O=C(Nc1ccc(Br)cc1F)c1ccc(Cl)cc1Br. The van der Waals surface area contributed by atoms with E-state index in [1.54, 1.807) is 24.3 Å². The Morgan fingerprint density at radius 2 is 1.89 bits per heavy atom. The van der Waals surface area contributed by atoms with Crippen LogP contribution in [0.15, 0.2) is 45.3 Å². The third kappa shape index (κ3) is 3.55. The average Bonchev–Trinajstić information content (AvgIpc) is 2.32. The number of rotatable bonds is 2. The highest BCUT2D eigenvalue weighted by Gasteiger charge is 2.12. The zero-order valence-electron chi connectivity index (χ0n) is 9.38. The Hall–Kier alpha value is -0.910. The van der Waals surface area contributed by atoms with Crippen LogP contribution in [0.25, 0.3) is 0 Å². The molecule has 0 heterocycles. The van der Waals surface area contributed by atoms with Crippen molar-refractivity contribution in [3.8, 4) is 0 Å².